The summed E-state index contributed by atoms with van der Waals surface area (Å²) in [5.74, 6) is 0.266. The summed E-state index contributed by atoms with van der Waals surface area (Å²) in [6.07, 6.45) is 2.73. The van der Waals surface area contributed by atoms with Gasteiger partial charge in [-0.2, -0.15) is 5.10 Å². The van der Waals surface area contributed by atoms with Crippen molar-refractivity contribution in [1.29, 1.82) is 0 Å². The molecule has 0 unspecified atom stereocenters. The Morgan fingerprint density at radius 2 is 2.30 bits per heavy atom. The average Bonchev–Trinajstić information content (AvgIpc) is 2.36. The standard InChI is InChI=1S/C5H3N4O/c10-9-5-4(1-2-8-9)6-3-7-5/h1-3H/q-1. The van der Waals surface area contributed by atoms with Gasteiger partial charge in [0.15, 0.2) is 5.82 Å². The minimum absolute atomic E-state index is 0.266. The molecule has 0 N–H and O–H groups in total. The van der Waals surface area contributed by atoms with Crippen LogP contribution in [-0.2, 0) is 0 Å². The Morgan fingerprint density at radius 1 is 1.40 bits per heavy atom. The number of imidazole rings is 1. The van der Waals surface area contributed by atoms with E-state index in [1.54, 1.807) is 6.07 Å². The van der Waals surface area contributed by atoms with Gasteiger partial charge in [-0.15, -0.1) is 0 Å². The molecule has 0 aliphatic carbocycles. The van der Waals surface area contributed by atoms with E-state index in [0.717, 1.165) is 0 Å². The number of rotatable bonds is 0. The lowest BCUT2D eigenvalue weighted by Gasteiger charge is -2.09. The SMILES string of the molecule is [O-]n1nccc2ncnc1-2. The first kappa shape index (κ1) is 5.16. The molecule has 0 aromatic carbocycles. The summed E-state index contributed by atoms with van der Waals surface area (Å²) in [4.78, 5) is 7.95. The van der Waals surface area contributed by atoms with Crippen molar-refractivity contribution in [3.05, 3.63) is 23.8 Å². The predicted molar refractivity (Wildman–Crippen MR) is 33.2 cm³/mol. The summed E-state index contributed by atoms with van der Waals surface area (Å²) in [5.41, 5.74) is 0.574. The Hall–Kier alpha value is -1.65. The van der Waals surface area contributed by atoms with E-state index in [4.69, 9.17) is 0 Å². The zero-order valence-corrected chi connectivity index (χ0v) is 4.93. The number of fused-ring (bicyclic) bond motifs is 1. The van der Waals surface area contributed by atoms with Gasteiger partial charge in [0.2, 0.25) is 0 Å². The summed E-state index contributed by atoms with van der Waals surface area (Å²) >= 11 is 0. The van der Waals surface area contributed by atoms with Gasteiger partial charge in [0.1, 0.15) is 12.0 Å². The Morgan fingerprint density at radius 3 is 3.10 bits per heavy atom. The van der Waals surface area contributed by atoms with Gasteiger partial charge < -0.3 is 5.21 Å². The van der Waals surface area contributed by atoms with Crippen LogP contribution < -0.4 is 0 Å². The summed E-state index contributed by atoms with van der Waals surface area (Å²) in [5, 5.41) is 14.2. The van der Waals surface area contributed by atoms with Crippen LogP contribution in [0.2, 0.25) is 0 Å². The molecule has 0 aromatic rings. The first-order chi connectivity index (χ1) is 4.88. The molecule has 0 saturated carbocycles. The van der Waals surface area contributed by atoms with E-state index < -0.39 is 0 Å². The highest BCUT2D eigenvalue weighted by Gasteiger charge is 2.03. The van der Waals surface area contributed by atoms with Crippen LogP contribution in [0.25, 0.3) is 11.5 Å². The maximum Gasteiger partial charge on any atom is 0.172 e. The maximum atomic E-state index is 10.7. The number of hydrogen-bond acceptors (Lipinski definition) is 4. The summed E-state index contributed by atoms with van der Waals surface area (Å²) in [6, 6.07) is 1.64. The molecule has 0 atom stereocenters. The fourth-order valence-electron chi connectivity index (χ4n) is 0.754. The molecule has 50 valence electrons. The van der Waals surface area contributed by atoms with E-state index >= 15 is 0 Å². The lowest BCUT2D eigenvalue weighted by molar-refractivity contribution is 0.838. The highest BCUT2D eigenvalue weighted by Crippen LogP contribution is 2.11. The lowest BCUT2D eigenvalue weighted by Crippen LogP contribution is -1.99. The largest absolute Gasteiger partial charge is 0.789 e. The molecule has 0 saturated heterocycles. The van der Waals surface area contributed by atoms with E-state index in [1.807, 2.05) is 0 Å². The van der Waals surface area contributed by atoms with Crippen LogP contribution in [0.15, 0.2) is 18.6 Å². The van der Waals surface area contributed by atoms with E-state index in [9.17, 15) is 5.21 Å². The molecule has 0 spiro atoms. The molecule has 0 aromatic heterocycles. The molecule has 0 fully saturated rings. The summed E-state index contributed by atoms with van der Waals surface area (Å²) in [7, 11) is 0. The van der Waals surface area contributed by atoms with E-state index in [0.29, 0.717) is 10.5 Å². The smallest absolute Gasteiger partial charge is 0.172 e. The molecule has 2 heterocycles. The summed E-state index contributed by atoms with van der Waals surface area (Å²) < 4.78 is 0. The Kier molecular flexibility index (Phi) is 0.858. The molecule has 2 rings (SSSR count). The number of nitrogens with zero attached hydrogens (tertiary/aromatic N) is 4. The van der Waals surface area contributed by atoms with Crippen molar-refractivity contribution < 1.29 is 0 Å². The highest BCUT2D eigenvalue weighted by atomic mass is 16.5. The molecule has 0 radical (unpaired) electrons. The Balaban J connectivity index is 2.80. The topological polar surface area (TPSA) is 66.7 Å². The highest BCUT2D eigenvalue weighted by molar-refractivity contribution is 5.49. The first-order valence-corrected chi connectivity index (χ1v) is 2.70. The van der Waals surface area contributed by atoms with Crippen molar-refractivity contribution in [2.24, 2.45) is 0 Å². The number of aromatic nitrogens is 4. The zero-order valence-electron chi connectivity index (χ0n) is 4.93. The van der Waals surface area contributed by atoms with E-state index in [1.165, 1.54) is 12.5 Å². The van der Waals surface area contributed by atoms with Crippen LogP contribution in [0.4, 0.5) is 0 Å². The van der Waals surface area contributed by atoms with Crippen molar-refractivity contribution in [2.45, 2.75) is 0 Å². The van der Waals surface area contributed by atoms with Crippen LogP contribution in [0, 0.1) is 5.21 Å². The van der Waals surface area contributed by atoms with Crippen LogP contribution in [0.1, 0.15) is 0 Å². The predicted octanol–water partition coefficient (Wildman–Crippen LogP) is 0.124. The third-order valence-electron chi connectivity index (χ3n) is 1.19. The van der Waals surface area contributed by atoms with Gasteiger partial charge in [0.05, 0.1) is 0 Å². The fourth-order valence-corrected chi connectivity index (χ4v) is 0.754. The molecule has 2 aliphatic heterocycles. The molecular weight excluding hydrogens is 132 g/mol. The first-order valence-electron chi connectivity index (χ1n) is 2.70. The van der Waals surface area contributed by atoms with Gasteiger partial charge in [-0.05, 0) is 6.07 Å². The molecule has 0 amide bonds. The van der Waals surface area contributed by atoms with E-state index in [2.05, 4.69) is 15.1 Å². The van der Waals surface area contributed by atoms with Crippen molar-refractivity contribution in [3.8, 4) is 11.5 Å². The van der Waals surface area contributed by atoms with Gasteiger partial charge in [0.25, 0.3) is 0 Å². The van der Waals surface area contributed by atoms with Crippen molar-refractivity contribution >= 4 is 0 Å². The molecule has 2 aliphatic rings. The minimum atomic E-state index is 0.266. The lowest BCUT2D eigenvalue weighted by atomic mass is 10.4. The third-order valence-corrected chi connectivity index (χ3v) is 1.19. The average molecular weight is 135 g/mol. The summed E-state index contributed by atoms with van der Waals surface area (Å²) in [6.45, 7) is 0. The second kappa shape index (κ2) is 1.66. The third kappa shape index (κ3) is 0.540. The zero-order chi connectivity index (χ0) is 6.97. The monoisotopic (exact) mass is 135 g/mol. The van der Waals surface area contributed by atoms with Crippen molar-refractivity contribution in [2.75, 3.05) is 0 Å². The normalized spacial score (nSPS) is 10.4. The Bertz CT molecular complexity index is 318. The van der Waals surface area contributed by atoms with Gasteiger partial charge in [-0.1, -0.05) is 0 Å². The van der Waals surface area contributed by atoms with Gasteiger partial charge in [-0.25, -0.2) is 9.97 Å². The van der Waals surface area contributed by atoms with Crippen molar-refractivity contribution in [1.82, 2.24) is 19.9 Å². The molecule has 5 heteroatoms. The second-order valence-corrected chi connectivity index (χ2v) is 1.79. The van der Waals surface area contributed by atoms with Crippen LogP contribution in [-0.4, -0.2) is 19.9 Å². The van der Waals surface area contributed by atoms with Crippen LogP contribution >= 0.6 is 0 Å². The van der Waals surface area contributed by atoms with Gasteiger partial charge in [0, 0.05) is 6.20 Å². The molecular formula is C5H3N4O-. The maximum absolute atomic E-state index is 10.7. The van der Waals surface area contributed by atoms with Crippen molar-refractivity contribution in [3.63, 3.8) is 0 Å². The molecule has 10 heavy (non-hydrogen) atoms. The Labute approximate surface area is 56.3 Å². The fraction of sp³-hybridized carbons (Fsp3) is 0. The molecule has 5 nitrogen and oxygen atoms in total. The van der Waals surface area contributed by atoms with Crippen LogP contribution in [0.5, 0.6) is 0 Å². The van der Waals surface area contributed by atoms with Gasteiger partial charge >= 0.3 is 0 Å². The number of hydrogen-bond donors (Lipinski definition) is 0. The molecule has 0 bridgehead atoms. The second-order valence-electron chi connectivity index (χ2n) is 1.79. The van der Waals surface area contributed by atoms with Gasteiger partial charge in [-0.3, -0.25) is 4.85 Å². The quantitative estimate of drug-likeness (QED) is 0.514. The van der Waals surface area contributed by atoms with Crippen LogP contribution in [0.3, 0.4) is 0 Å². The minimum Gasteiger partial charge on any atom is -0.789 e. The van der Waals surface area contributed by atoms with E-state index in [-0.39, 0.29) is 5.82 Å².